The number of fused-ring (bicyclic) bond motifs is 1. The Labute approximate surface area is 165 Å². The Bertz CT molecular complexity index is 727. The van der Waals surface area contributed by atoms with Crippen molar-refractivity contribution in [1.82, 2.24) is 0 Å². The van der Waals surface area contributed by atoms with E-state index in [0.29, 0.717) is 12.8 Å². The van der Waals surface area contributed by atoms with Gasteiger partial charge in [0.05, 0.1) is 18.1 Å². The lowest BCUT2D eigenvalue weighted by Crippen LogP contribution is -2.21. The number of ether oxygens (including phenoxy) is 2. The third kappa shape index (κ3) is 5.04. The topological polar surface area (TPSA) is 54.0 Å². The van der Waals surface area contributed by atoms with E-state index in [1.165, 1.54) is 12.1 Å². The molecule has 1 aromatic carbocycles. The molecule has 10 heteroatoms. The number of carbonyl (C=O) groups excluding carboxylic acids is 1. The van der Waals surface area contributed by atoms with Crippen LogP contribution in [0.25, 0.3) is 0 Å². The van der Waals surface area contributed by atoms with E-state index >= 15 is 0 Å². The van der Waals surface area contributed by atoms with Gasteiger partial charge in [0, 0.05) is 37.2 Å². The van der Waals surface area contributed by atoms with Crippen molar-refractivity contribution >= 4 is 24.9 Å². The number of carbonyl (C=O) groups is 1. The van der Waals surface area contributed by atoms with Crippen molar-refractivity contribution in [3.8, 4) is 5.75 Å². The van der Waals surface area contributed by atoms with Crippen molar-refractivity contribution in [3.05, 3.63) is 42.0 Å². The van der Waals surface area contributed by atoms with Gasteiger partial charge < -0.3 is 18.5 Å². The van der Waals surface area contributed by atoms with Crippen LogP contribution in [0, 0.1) is 11.8 Å². The lowest BCUT2D eigenvalue weighted by Gasteiger charge is -2.19. The molecule has 2 fully saturated rings. The van der Waals surface area contributed by atoms with Gasteiger partial charge in [-0.25, -0.2) is 0 Å². The van der Waals surface area contributed by atoms with Crippen LogP contribution < -0.4 is 4.74 Å². The van der Waals surface area contributed by atoms with Crippen molar-refractivity contribution in [2.75, 3.05) is 6.61 Å². The predicted octanol–water partition coefficient (Wildman–Crippen LogP) is 3.94. The fourth-order valence-electron chi connectivity index (χ4n) is 3.64. The summed E-state index contributed by atoms with van der Waals surface area (Å²) in [5.41, 5.74) is -0.771. The van der Waals surface area contributed by atoms with Crippen LogP contribution in [-0.4, -0.2) is 30.9 Å². The number of halogens is 3. The summed E-state index contributed by atoms with van der Waals surface area (Å²) in [4.78, 5) is 11.5. The molecular weight excluding hydrogens is 415 g/mol. The average molecular weight is 436 g/mol. The number of hydrogen-bond donors (Lipinski definition) is 0. The van der Waals surface area contributed by atoms with Gasteiger partial charge in [-0.1, -0.05) is 18.2 Å². The minimum atomic E-state index is -4.43. The van der Waals surface area contributed by atoms with E-state index < -0.39 is 17.8 Å². The van der Waals surface area contributed by atoms with Gasteiger partial charge in [0.1, 0.15) is 24.6 Å². The van der Waals surface area contributed by atoms with Crippen LogP contribution in [0.2, 0.25) is 0 Å². The summed E-state index contributed by atoms with van der Waals surface area (Å²) in [6, 6.07) is 4.69. The Morgan fingerprint density at radius 1 is 1.32 bits per heavy atom. The maximum absolute atomic E-state index is 12.8. The molecule has 0 spiro atoms. The highest BCUT2D eigenvalue weighted by atomic mass is 31.0. The molecule has 1 saturated carbocycles. The Hall–Kier alpha value is -1.20. The number of rotatable bonds is 7. The largest absolute Gasteiger partial charge is 0.491 e. The minimum absolute atomic E-state index is 0.0230. The zero-order valence-corrected chi connectivity index (χ0v) is 17.1. The van der Waals surface area contributed by atoms with Gasteiger partial charge in [0.15, 0.2) is 0 Å². The lowest BCUT2D eigenvalue weighted by atomic mass is 9.91. The van der Waals surface area contributed by atoms with Gasteiger partial charge in [-0.05, 0) is 18.2 Å². The summed E-state index contributed by atoms with van der Waals surface area (Å²) in [7, 11) is 4.37. The molecule has 1 aliphatic carbocycles. The first-order valence-corrected chi connectivity index (χ1v) is 9.65. The molecule has 5 unspecified atom stereocenters. The molecule has 1 saturated heterocycles. The molecule has 1 heterocycles. The average Bonchev–Trinajstić information content (AvgIpc) is 3.17. The molecule has 2 aliphatic rings. The molecule has 3 rings (SSSR count). The summed E-state index contributed by atoms with van der Waals surface area (Å²) in [6.07, 6.45) is -0.522. The van der Waals surface area contributed by atoms with Crippen LogP contribution in [-0.2, 0) is 24.8 Å². The smallest absolute Gasteiger partial charge is 0.416 e. The van der Waals surface area contributed by atoms with Crippen LogP contribution in [0.5, 0.6) is 5.75 Å². The van der Waals surface area contributed by atoms with E-state index in [4.69, 9.17) is 18.5 Å². The Kier molecular flexibility index (Phi) is 6.98. The van der Waals surface area contributed by atoms with E-state index in [9.17, 15) is 18.0 Å². The summed E-state index contributed by atoms with van der Waals surface area (Å²) in [6.45, 7) is 0.0317. The lowest BCUT2D eigenvalue weighted by molar-refractivity contribution is -0.142. The third-order valence-electron chi connectivity index (χ3n) is 5.02. The number of alkyl halides is 3. The Morgan fingerprint density at radius 3 is 2.79 bits per heavy atom. The summed E-state index contributed by atoms with van der Waals surface area (Å²) >= 11 is 0. The van der Waals surface area contributed by atoms with Crippen LogP contribution in [0.3, 0.4) is 0 Å². The van der Waals surface area contributed by atoms with Crippen molar-refractivity contribution in [2.45, 2.75) is 37.3 Å². The van der Waals surface area contributed by atoms with Gasteiger partial charge in [-0.2, -0.15) is 13.2 Å². The second kappa shape index (κ2) is 9.08. The minimum Gasteiger partial charge on any atom is -0.491 e. The van der Waals surface area contributed by atoms with E-state index in [2.05, 4.69) is 18.9 Å². The number of benzene rings is 1. The van der Waals surface area contributed by atoms with Crippen LogP contribution in [0.15, 0.2) is 36.4 Å². The summed E-state index contributed by atoms with van der Waals surface area (Å²) in [5.74, 6) is -0.0755. The summed E-state index contributed by atoms with van der Waals surface area (Å²) in [5, 5.41) is 0. The first-order valence-electron chi connectivity index (χ1n) is 8.70. The molecule has 0 aromatic heterocycles. The molecule has 0 bridgehead atoms. The quantitative estimate of drug-likeness (QED) is 0.368. The maximum atomic E-state index is 12.8. The molecule has 154 valence electrons. The predicted molar refractivity (Wildman–Crippen MR) is 101 cm³/mol. The highest BCUT2D eigenvalue weighted by molar-refractivity contribution is 7.10. The monoisotopic (exact) mass is 436 g/mol. The van der Waals surface area contributed by atoms with E-state index in [0.717, 1.165) is 12.1 Å². The highest BCUT2D eigenvalue weighted by Gasteiger charge is 2.49. The maximum Gasteiger partial charge on any atom is 0.416 e. The van der Waals surface area contributed by atoms with Crippen molar-refractivity contribution in [3.63, 3.8) is 0 Å². The van der Waals surface area contributed by atoms with E-state index in [-0.39, 0.29) is 42.4 Å². The van der Waals surface area contributed by atoms with Crippen molar-refractivity contribution < 1.29 is 36.5 Å². The standard InChI is InChI=1S/C18H21F3O5P2/c19-18(20,21)10-2-1-3-11(6-10)23-9-12(25-27)4-5-13-14-7-17(22)24-15(14)8-16(13)26-28/h1-6,12-16H,7-9,27-28H2/t12?,13-,14-,15?,16?/m1/s1. The fourth-order valence-corrected chi connectivity index (χ4v) is 4.10. The van der Waals surface area contributed by atoms with Crippen molar-refractivity contribution in [1.29, 1.82) is 0 Å². The molecule has 0 N–H and O–H groups in total. The van der Waals surface area contributed by atoms with E-state index in [1.807, 2.05) is 6.08 Å². The zero-order chi connectivity index (χ0) is 20.3. The molecule has 7 atom stereocenters. The van der Waals surface area contributed by atoms with Gasteiger partial charge in [-0.15, -0.1) is 0 Å². The van der Waals surface area contributed by atoms with Gasteiger partial charge >= 0.3 is 12.1 Å². The molecule has 5 nitrogen and oxygen atoms in total. The first-order chi connectivity index (χ1) is 13.3. The fraction of sp³-hybridized carbons (Fsp3) is 0.500. The molecule has 0 radical (unpaired) electrons. The van der Waals surface area contributed by atoms with Gasteiger partial charge in [0.2, 0.25) is 0 Å². The number of hydrogen-bond acceptors (Lipinski definition) is 5. The summed E-state index contributed by atoms with van der Waals surface area (Å²) < 4.78 is 59.8. The number of esters is 1. The first kappa shape index (κ1) is 21.5. The van der Waals surface area contributed by atoms with Crippen LogP contribution in [0.4, 0.5) is 13.2 Å². The third-order valence-corrected chi connectivity index (χ3v) is 5.72. The molecule has 0 amide bonds. The van der Waals surface area contributed by atoms with Crippen molar-refractivity contribution in [2.24, 2.45) is 11.8 Å². The zero-order valence-electron chi connectivity index (χ0n) is 14.8. The van der Waals surface area contributed by atoms with Gasteiger partial charge in [-0.3, -0.25) is 4.79 Å². The van der Waals surface area contributed by atoms with Crippen LogP contribution in [0.1, 0.15) is 18.4 Å². The normalized spacial score (nSPS) is 28.4. The Balaban J connectivity index is 1.62. The molecule has 1 aliphatic heterocycles. The second-order valence-corrected chi connectivity index (χ2v) is 7.32. The molecule has 1 aromatic rings. The Morgan fingerprint density at radius 2 is 2.11 bits per heavy atom. The highest BCUT2D eigenvalue weighted by Crippen LogP contribution is 2.44. The molecular formula is C18H21F3O5P2. The molecule has 28 heavy (non-hydrogen) atoms. The second-order valence-electron chi connectivity index (χ2n) is 6.78. The van der Waals surface area contributed by atoms with E-state index in [1.54, 1.807) is 6.08 Å². The SMILES string of the molecule is O=C1C[C@H]2C(CC(OP)[C@@H]2C=CC(COc2cccc(C(F)(F)F)c2)OP)O1. The van der Waals surface area contributed by atoms with Gasteiger partial charge in [0.25, 0.3) is 0 Å². The van der Waals surface area contributed by atoms with Crippen LogP contribution >= 0.6 is 18.9 Å².